The maximum atomic E-state index is 12.5. The molecule has 1 amide bonds. The van der Waals surface area contributed by atoms with E-state index in [4.69, 9.17) is 5.73 Å². The number of benzene rings is 1. The van der Waals surface area contributed by atoms with Crippen LogP contribution in [0.1, 0.15) is 23.2 Å². The van der Waals surface area contributed by atoms with Crippen molar-refractivity contribution in [3.8, 4) is 0 Å². The molecule has 3 heterocycles. The highest BCUT2D eigenvalue weighted by molar-refractivity contribution is 6.11. The minimum atomic E-state index is -0.232. The highest BCUT2D eigenvalue weighted by atomic mass is 16.1. The molecule has 0 aliphatic carbocycles. The summed E-state index contributed by atoms with van der Waals surface area (Å²) in [6.07, 6.45) is 3.72. The molecule has 0 atom stereocenters. The molecule has 8 heteroatoms. The van der Waals surface area contributed by atoms with Gasteiger partial charge in [0, 0.05) is 25.0 Å². The van der Waals surface area contributed by atoms with E-state index < -0.39 is 0 Å². The Bertz CT molecular complexity index is 845. The molecule has 4 N–H and O–H groups in total. The van der Waals surface area contributed by atoms with Crippen molar-refractivity contribution in [3.05, 3.63) is 30.0 Å². The van der Waals surface area contributed by atoms with Gasteiger partial charge in [0.1, 0.15) is 11.4 Å². The Balaban J connectivity index is 1.65. The van der Waals surface area contributed by atoms with Crippen LogP contribution in [-0.2, 0) is 0 Å². The van der Waals surface area contributed by atoms with Crippen molar-refractivity contribution in [1.82, 2.24) is 14.9 Å². The molecule has 0 saturated carbocycles. The maximum Gasteiger partial charge on any atom is 0.261 e. The molecule has 0 radical (unpaired) electrons. The van der Waals surface area contributed by atoms with Crippen LogP contribution in [0.2, 0.25) is 0 Å². The zero-order chi connectivity index (χ0) is 18.3. The second-order valence-corrected chi connectivity index (χ2v) is 6.96. The number of likely N-dealkylation sites (tertiary alicyclic amines) is 1. The Morgan fingerprint density at radius 3 is 2.77 bits per heavy atom. The smallest absolute Gasteiger partial charge is 0.261 e. The molecule has 1 aromatic heterocycles. The SMILES string of the molecule is CN1CCC(N(C)c2ncc3c(n2)Nc2cc(N)ccc2NC3=O)CC1. The van der Waals surface area contributed by atoms with Gasteiger partial charge in [-0.3, -0.25) is 4.79 Å². The summed E-state index contributed by atoms with van der Waals surface area (Å²) in [6.45, 7) is 2.13. The number of carbonyl (C=O) groups is 1. The van der Waals surface area contributed by atoms with E-state index in [0.29, 0.717) is 34.7 Å². The van der Waals surface area contributed by atoms with Crippen LogP contribution in [0.15, 0.2) is 24.4 Å². The molecule has 136 valence electrons. The van der Waals surface area contributed by atoms with Gasteiger partial charge >= 0.3 is 0 Å². The van der Waals surface area contributed by atoms with Crippen LogP contribution in [0.4, 0.5) is 28.8 Å². The highest BCUT2D eigenvalue weighted by Crippen LogP contribution is 2.33. The van der Waals surface area contributed by atoms with Crippen LogP contribution in [0.3, 0.4) is 0 Å². The number of aromatic nitrogens is 2. The summed E-state index contributed by atoms with van der Waals surface area (Å²) < 4.78 is 0. The van der Waals surface area contributed by atoms with Gasteiger partial charge in [0.15, 0.2) is 0 Å². The van der Waals surface area contributed by atoms with Crippen molar-refractivity contribution in [2.75, 3.05) is 48.5 Å². The van der Waals surface area contributed by atoms with E-state index in [9.17, 15) is 4.79 Å². The molecule has 0 bridgehead atoms. The lowest BCUT2D eigenvalue weighted by atomic mass is 10.0. The van der Waals surface area contributed by atoms with Gasteiger partial charge in [-0.15, -0.1) is 0 Å². The van der Waals surface area contributed by atoms with Crippen LogP contribution in [-0.4, -0.2) is 54.0 Å². The van der Waals surface area contributed by atoms with E-state index in [2.05, 4.69) is 37.4 Å². The summed E-state index contributed by atoms with van der Waals surface area (Å²) in [5.74, 6) is 0.882. The normalized spacial score (nSPS) is 17.5. The molecule has 26 heavy (non-hydrogen) atoms. The molecular formula is C18H23N7O. The zero-order valence-corrected chi connectivity index (χ0v) is 15.0. The third kappa shape index (κ3) is 3.03. The Kier molecular flexibility index (Phi) is 4.12. The van der Waals surface area contributed by atoms with Crippen molar-refractivity contribution < 1.29 is 4.79 Å². The average Bonchev–Trinajstić information content (AvgIpc) is 2.77. The van der Waals surface area contributed by atoms with Crippen molar-refractivity contribution in [1.29, 1.82) is 0 Å². The molecular weight excluding hydrogens is 330 g/mol. The van der Waals surface area contributed by atoms with Gasteiger partial charge < -0.3 is 26.2 Å². The van der Waals surface area contributed by atoms with E-state index in [1.54, 1.807) is 24.4 Å². The van der Waals surface area contributed by atoms with Gasteiger partial charge in [-0.25, -0.2) is 4.98 Å². The first-order chi connectivity index (χ1) is 12.5. The molecule has 1 saturated heterocycles. The molecule has 2 aromatic rings. The van der Waals surface area contributed by atoms with Crippen LogP contribution in [0.5, 0.6) is 0 Å². The number of rotatable bonds is 2. The molecule has 2 aliphatic rings. The fraction of sp³-hybridized carbons (Fsp3) is 0.389. The van der Waals surface area contributed by atoms with E-state index in [0.717, 1.165) is 31.6 Å². The number of carbonyl (C=O) groups excluding carboxylic acids is 1. The van der Waals surface area contributed by atoms with Gasteiger partial charge in [0.25, 0.3) is 5.91 Å². The van der Waals surface area contributed by atoms with Gasteiger partial charge in [0.2, 0.25) is 5.95 Å². The maximum absolute atomic E-state index is 12.5. The number of nitrogen functional groups attached to an aromatic ring is 1. The molecule has 2 aliphatic heterocycles. The minimum Gasteiger partial charge on any atom is -0.399 e. The Morgan fingerprint density at radius 2 is 2.00 bits per heavy atom. The summed E-state index contributed by atoms with van der Waals surface area (Å²) in [6, 6.07) is 5.71. The third-order valence-corrected chi connectivity index (χ3v) is 5.12. The van der Waals surface area contributed by atoms with Crippen LogP contribution >= 0.6 is 0 Å². The fourth-order valence-electron chi connectivity index (χ4n) is 3.44. The molecule has 1 aromatic carbocycles. The quantitative estimate of drug-likeness (QED) is 0.709. The summed E-state index contributed by atoms with van der Waals surface area (Å²) >= 11 is 0. The van der Waals surface area contributed by atoms with Gasteiger partial charge in [-0.05, 0) is 51.2 Å². The summed E-state index contributed by atoms with van der Waals surface area (Å²) in [4.78, 5) is 26.0. The molecule has 8 nitrogen and oxygen atoms in total. The standard InChI is InChI=1S/C18H23N7O/c1-24-7-5-12(6-8-24)25(2)18-20-10-13-16(23-18)21-15-9-11(19)3-4-14(15)22-17(13)26/h3-4,9-10,12H,5-8,19H2,1-2H3,(H,22,26)(H,20,21,23). The highest BCUT2D eigenvalue weighted by Gasteiger charge is 2.25. The second kappa shape index (κ2) is 6.45. The minimum absolute atomic E-state index is 0.232. The van der Waals surface area contributed by atoms with Crippen LogP contribution < -0.4 is 21.3 Å². The average molecular weight is 353 g/mol. The Morgan fingerprint density at radius 1 is 1.23 bits per heavy atom. The molecule has 0 unspecified atom stereocenters. The van der Waals surface area contributed by atoms with Crippen LogP contribution in [0, 0.1) is 0 Å². The lowest BCUT2D eigenvalue weighted by Gasteiger charge is -2.35. The summed E-state index contributed by atoms with van der Waals surface area (Å²) in [5.41, 5.74) is 8.31. The van der Waals surface area contributed by atoms with E-state index in [1.807, 2.05) is 7.05 Å². The topological polar surface area (TPSA) is 99.4 Å². The first-order valence-corrected chi connectivity index (χ1v) is 8.77. The number of amides is 1. The third-order valence-electron chi connectivity index (χ3n) is 5.12. The van der Waals surface area contributed by atoms with Crippen LogP contribution in [0.25, 0.3) is 0 Å². The number of hydrogen-bond acceptors (Lipinski definition) is 7. The Labute approximate surface area is 152 Å². The van der Waals surface area contributed by atoms with E-state index in [-0.39, 0.29) is 5.91 Å². The Hall–Kier alpha value is -2.87. The first kappa shape index (κ1) is 16.6. The predicted octanol–water partition coefficient (Wildman–Crippen LogP) is 1.90. The van der Waals surface area contributed by atoms with Crippen molar-refractivity contribution in [2.24, 2.45) is 0 Å². The number of hydrogen-bond donors (Lipinski definition) is 3. The summed E-state index contributed by atoms with van der Waals surface area (Å²) in [7, 11) is 4.15. The molecule has 1 fully saturated rings. The van der Waals surface area contributed by atoms with E-state index >= 15 is 0 Å². The van der Waals surface area contributed by atoms with E-state index in [1.165, 1.54) is 0 Å². The van der Waals surface area contributed by atoms with Crippen molar-refractivity contribution in [3.63, 3.8) is 0 Å². The number of fused-ring (bicyclic) bond motifs is 2. The largest absolute Gasteiger partial charge is 0.399 e. The molecule has 4 rings (SSSR count). The number of piperidine rings is 1. The lowest BCUT2D eigenvalue weighted by Crippen LogP contribution is -2.42. The first-order valence-electron chi connectivity index (χ1n) is 8.77. The van der Waals surface area contributed by atoms with Gasteiger partial charge in [-0.2, -0.15) is 4.98 Å². The monoisotopic (exact) mass is 353 g/mol. The molecule has 0 spiro atoms. The van der Waals surface area contributed by atoms with Crippen molar-refractivity contribution >= 4 is 34.7 Å². The van der Waals surface area contributed by atoms with Gasteiger partial charge in [-0.1, -0.05) is 0 Å². The number of nitrogens with one attached hydrogen (secondary N) is 2. The van der Waals surface area contributed by atoms with Crippen molar-refractivity contribution in [2.45, 2.75) is 18.9 Å². The summed E-state index contributed by atoms with van der Waals surface area (Å²) in [5, 5.41) is 6.10. The zero-order valence-electron chi connectivity index (χ0n) is 15.0. The lowest BCUT2D eigenvalue weighted by molar-refractivity contribution is 0.102. The van der Waals surface area contributed by atoms with Gasteiger partial charge in [0.05, 0.1) is 11.4 Å². The number of nitrogens with zero attached hydrogens (tertiary/aromatic N) is 4. The predicted molar refractivity (Wildman–Crippen MR) is 103 cm³/mol. The number of anilines is 5. The fourth-order valence-corrected chi connectivity index (χ4v) is 3.44. The number of nitrogens with two attached hydrogens (primary N) is 1. The second-order valence-electron chi connectivity index (χ2n) is 6.96.